The molecule has 3 aromatic rings. The first kappa shape index (κ1) is 19.9. The largest absolute Gasteiger partial charge is 0.378 e. The zero-order valence-electron chi connectivity index (χ0n) is 17.7. The number of amides is 1. The highest BCUT2D eigenvalue weighted by molar-refractivity contribution is 6.11. The minimum atomic E-state index is -0.357. The summed E-state index contributed by atoms with van der Waals surface area (Å²) in [4.78, 5) is 24.5. The summed E-state index contributed by atoms with van der Waals surface area (Å²) in [6.45, 7) is 5.24. The number of hydrogen-bond acceptors (Lipinski definition) is 5. The summed E-state index contributed by atoms with van der Waals surface area (Å²) in [7, 11) is 0. The maximum absolute atomic E-state index is 14.7. The molecule has 1 saturated heterocycles. The van der Waals surface area contributed by atoms with Crippen LogP contribution >= 0.6 is 0 Å². The Labute approximate surface area is 180 Å². The number of fused-ring (bicyclic) bond motifs is 3. The summed E-state index contributed by atoms with van der Waals surface area (Å²) in [6.07, 6.45) is 4.25. The molecule has 1 amide bonds. The number of imidazole rings is 1. The summed E-state index contributed by atoms with van der Waals surface area (Å²) in [5, 5.41) is 2.84. The minimum absolute atomic E-state index is 0.303. The first-order chi connectivity index (χ1) is 15.1. The molecule has 0 radical (unpaired) electrons. The van der Waals surface area contributed by atoms with Crippen molar-refractivity contribution in [2.45, 2.75) is 39.2 Å². The molecular weight excluding hydrogens is 397 g/mol. The lowest BCUT2D eigenvalue weighted by Crippen LogP contribution is -2.36. The number of carbonyl (C=O) groups is 1. The Morgan fingerprint density at radius 3 is 2.74 bits per heavy atom. The van der Waals surface area contributed by atoms with Gasteiger partial charge in [-0.1, -0.05) is 6.42 Å². The Hall–Kier alpha value is -3.00. The number of aryl methyl sites for hydroxylation is 3. The summed E-state index contributed by atoms with van der Waals surface area (Å²) < 4.78 is 22.2. The average molecular weight is 423 g/mol. The highest BCUT2D eigenvalue weighted by Gasteiger charge is 2.22. The van der Waals surface area contributed by atoms with Crippen molar-refractivity contribution in [2.24, 2.45) is 0 Å². The second-order valence-corrected chi connectivity index (χ2v) is 8.19. The van der Waals surface area contributed by atoms with E-state index in [0.29, 0.717) is 48.8 Å². The lowest BCUT2D eigenvalue weighted by atomic mass is 10.1. The van der Waals surface area contributed by atoms with Gasteiger partial charge in [-0.3, -0.25) is 4.79 Å². The molecule has 162 valence electrons. The van der Waals surface area contributed by atoms with E-state index < -0.39 is 0 Å². The van der Waals surface area contributed by atoms with Crippen LogP contribution in [-0.4, -0.2) is 46.7 Å². The van der Waals surface area contributed by atoms with E-state index in [-0.39, 0.29) is 11.7 Å². The summed E-state index contributed by atoms with van der Waals surface area (Å²) >= 11 is 0. The molecule has 0 atom stereocenters. The van der Waals surface area contributed by atoms with Crippen LogP contribution in [0, 0.1) is 12.7 Å². The highest BCUT2D eigenvalue weighted by Crippen LogP contribution is 2.27. The van der Waals surface area contributed by atoms with E-state index in [2.05, 4.69) is 14.9 Å². The fraction of sp³-hybridized carbons (Fsp3) is 0.435. The van der Waals surface area contributed by atoms with Crippen molar-refractivity contribution >= 4 is 28.4 Å². The molecule has 0 saturated carbocycles. The molecule has 5 rings (SSSR count). The van der Waals surface area contributed by atoms with Gasteiger partial charge in [-0.25, -0.2) is 14.4 Å². The minimum Gasteiger partial charge on any atom is -0.378 e. The van der Waals surface area contributed by atoms with Crippen molar-refractivity contribution < 1.29 is 13.9 Å². The molecule has 31 heavy (non-hydrogen) atoms. The molecule has 0 aliphatic carbocycles. The van der Waals surface area contributed by atoms with Gasteiger partial charge in [0.25, 0.3) is 5.91 Å². The smallest absolute Gasteiger partial charge is 0.258 e. The summed E-state index contributed by atoms with van der Waals surface area (Å²) in [5.74, 6) is 0.326. The average Bonchev–Trinajstić information content (AvgIpc) is 2.94. The first-order valence-corrected chi connectivity index (χ1v) is 10.9. The van der Waals surface area contributed by atoms with Gasteiger partial charge in [-0.05, 0) is 44.0 Å². The van der Waals surface area contributed by atoms with Crippen LogP contribution < -0.4 is 10.2 Å². The zero-order valence-corrected chi connectivity index (χ0v) is 17.7. The standard InChI is InChI=1S/C23H26FN5O2/c1-15-13-17(21-22(25-15)29-8-4-2-3-5-20(29)27-21)23(30)26-16-6-7-19(18(24)14-16)28-9-11-31-12-10-28/h6-7,13-14H,2-5,8-12H2,1H3,(H,26,30). The number of ether oxygens (including phenoxy) is 1. The summed E-state index contributed by atoms with van der Waals surface area (Å²) in [6, 6.07) is 6.57. The number of nitrogens with zero attached hydrogens (tertiary/aromatic N) is 4. The zero-order chi connectivity index (χ0) is 21.4. The fourth-order valence-corrected chi connectivity index (χ4v) is 4.43. The molecule has 1 fully saturated rings. The molecule has 2 aliphatic rings. The quantitative estimate of drug-likeness (QED) is 0.696. The van der Waals surface area contributed by atoms with Gasteiger partial charge in [0.1, 0.15) is 17.2 Å². The molecule has 0 bridgehead atoms. The third-order valence-corrected chi connectivity index (χ3v) is 5.99. The van der Waals surface area contributed by atoms with Crippen molar-refractivity contribution in [3.05, 3.63) is 47.2 Å². The SMILES string of the molecule is Cc1cc(C(=O)Nc2ccc(N3CCOCC3)c(F)c2)c2nc3n(c2n1)CCCCC3. The maximum Gasteiger partial charge on any atom is 0.258 e. The van der Waals surface area contributed by atoms with E-state index in [1.807, 2.05) is 11.8 Å². The Morgan fingerprint density at radius 2 is 1.94 bits per heavy atom. The monoisotopic (exact) mass is 423 g/mol. The van der Waals surface area contributed by atoms with Crippen LogP contribution in [0.4, 0.5) is 15.8 Å². The molecule has 2 aromatic heterocycles. The Balaban J connectivity index is 1.43. The van der Waals surface area contributed by atoms with Gasteiger partial charge in [0.05, 0.1) is 24.5 Å². The molecule has 7 nitrogen and oxygen atoms in total. The number of anilines is 2. The van der Waals surface area contributed by atoms with Gasteiger partial charge in [-0.2, -0.15) is 0 Å². The third-order valence-electron chi connectivity index (χ3n) is 5.99. The van der Waals surface area contributed by atoms with Crippen LogP contribution in [0.3, 0.4) is 0 Å². The summed E-state index contributed by atoms with van der Waals surface area (Å²) in [5.41, 5.74) is 3.56. The van der Waals surface area contributed by atoms with Crippen LogP contribution in [0.15, 0.2) is 24.3 Å². The van der Waals surface area contributed by atoms with Gasteiger partial charge >= 0.3 is 0 Å². The van der Waals surface area contributed by atoms with Gasteiger partial charge in [-0.15, -0.1) is 0 Å². The number of morpholine rings is 1. The fourth-order valence-electron chi connectivity index (χ4n) is 4.43. The topological polar surface area (TPSA) is 72.3 Å². The molecule has 1 N–H and O–H groups in total. The third kappa shape index (κ3) is 3.87. The van der Waals surface area contributed by atoms with Crippen molar-refractivity contribution in [1.82, 2.24) is 14.5 Å². The van der Waals surface area contributed by atoms with E-state index in [1.165, 1.54) is 12.5 Å². The number of carbonyl (C=O) groups excluding carboxylic acids is 1. The van der Waals surface area contributed by atoms with Crippen molar-refractivity contribution in [3.63, 3.8) is 0 Å². The van der Waals surface area contributed by atoms with Gasteiger partial charge < -0.3 is 19.5 Å². The number of rotatable bonds is 3. The first-order valence-electron chi connectivity index (χ1n) is 10.9. The van der Waals surface area contributed by atoms with Crippen LogP contribution in [0.2, 0.25) is 0 Å². The molecule has 8 heteroatoms. The van der Waals surface area contributed by atoms with Crippen LogP contribution in [0.1, 0.15) is 41.1 Å². The molecule has 0 spiro atoms. The lowest BCUT2D eigenvalue weighted by molar-refractivity contribution is 0.102. The molecule has 0 unspecified atom stereocenters. The Bertz CT molecular complexity index is 1140. The van der Waals surface area contributed by atoms with Crippen LogP contribution in [0.5, 0.6) is 0 Å². The Morgan fingerprint density at radius 1 is 1.10 bits per heavy atom. The highest BCUT2D eigenvalue weighted by atomic mass is 19.1. The van der Waals surface area contributed by atoms with E-state index in [0.717, 1.165) is 43.0 Å². The number of nitrogens with one attached hydrogen (secondary N) is 1. The number of halogens is 1. The van der Waals surface area contributed by atoms with Crippen molar-refractivity contribution in [1.29, 1.82) is 0 Å². The van der Waals surface area contributed by atoms with E-state index in [1.54, 1.807) is 18.2 Å². The lowest BCUT2D eigenvalue weighted by Gasteiger charge is -2.29. The maximum atomic E-state index is 14.7. The van der Waals surface area contributed by atoms with E-state index >= 15 is 0 Å². The van der Waals surface area contributed by atoms with Gasteiger partial charge in [0.15, 0.2) is 5.65 Å². The molecule has 2 aliphatic heterocycles. The molecule has 1 aromatic carbocycles. The number of pyridine rings is 1. The second kappa shape index (κ2) is 8.26. The second-order valence-electron chi connectivity index (χ2n) is 8.19. The molecular formula is C23H26FN5O2. The van der Waals surface area contributed by atoms with Crippen molar-refractivity contribution in [2.75, 3.05) is 36.5 Å². The number of benzene rings is 1. The van der Waals surface area contributed by atoms with E-state index in [4.69, 9.17) is 9.72 Å². The number of hydrogen-bond donors (Lipinski definition) is 1. The Kier molecular flexibility index (Phi) is 5.31. The van der Waals surface area contributed by atoms with E-state index in [9.17, 15) is 9.18 Å². The van der Waals surface area contributed by atoms with Gasteiger partial charge in [0, 0.05) is 37.4 Å². The number of aromatic nitrogens is 3. The predicted octanol–water partition coefficient (Wildman–Crippen LogP) is 3.69. The normalized spacial score (nSPS) is 16.8. The van der Waals surface area contributed by atoms with Gasteiger partial charge in [0.2, 0.25) is 0 Å². The van der Waals surface area contributed by atoms with Crippen LogP contribution in [-0.2, 0) is 17.7 Å². The predicted molar refractivity (Wildman–Crippen MR) is 117 cm³/mol. The van der Waals surface area contributed by atoms with Crippen molar-refractivity contribution in [3.8, 4) is 0 Å². The van der Waals surface area contributed by atoms with Crippen LogP contribution in [0.25, 0.3) is 11.2 Å². The molecule has 4 heterocycles.